The standard InChI is InChI=1S/C28H43N3O5/c1-34-23-18-25(36-3)24(35-2)17-22(23)27(33)30-19-20-7-9-21(10-8-20)26(32)29-14-4-11-28-12-5-15-31(28)16-6-13-28/h17-18,20-21H,4-16,19H2,1-3H3,(H,29,32)(H,30,33). The number of ether oxygens (including phenoxy) is 3. The molecule has 36 heavy (non-hydrogen) atoms. The monoisotopic (exact) mass is 501 g/mol. The molecule has 2 saturated heterocycles. The van der Waals surface area contributed by atoms with Gasteiger partial charge >= 0.3 is 0 Å². The van der Waals surface area contributed by atoms with Crippen molar-refractivity contribution in [3.63, 3.8) is 0 Å². The molecule has 3 aliphatic rings. The van der Waals surface area contributed by atoms with E-state index >= 15 is 0 Å². The molecule has 8 heteroatoms. The van der Waals surface area contributed by atoms with E-state index in [1.807, 2.05) is 0 Å². The third-order valence-electron chi connectivity index (χ3n) is 8.65. The summed E-state index contributed by atoms with van der Waals surface area (Å²) < 4.78 is 16.0. The lowest BCUT2D eigenvalue weighted by molar-refractivity contribution is -0.126. The molecule has 0 spiro atoms. The summed E-state index contributed by atoms with van der Waals surface area (Å²) in [5.41, 5.74) is 0.856. The average molecular weight is 502 g/mol. The van der Waals surface area contributed by atoms with Gasteiger partial charge in [-0.05, 0) is 83.2 Å². The molecule has 2 amide bonds. The van der Waals surface area contributed by atoms with E-state index in [1.165, 1.54) is 52.3 Å². The number of benzene rings is 1. The van der Waals surface area contributed by atoms with Gasteiger partial charge in [0.05, 0.1) is 26.9 Å². The minimum Gasteiger partial charge on any atom is -0.496 e. The van der Waals surface area contributed by atoms with Gasteiger partial charge in [-0.3, -0.25) is 14.5 Å². The highest BCUT2D eigenvalue weighted by molar-refractivity contribution is 5.97. The van der Waals surface area contributed by atoms with Gasteiger partial charge in [0.25, 0.3) is 5.91 Å². The van der Waals surface area contributed by atoms with Gasteiger partial charge in [0.1, 0.15) is 5.75 Å². The van der Waals surface area contributed by atoms with Crippen LogP contribution in [0.3, 0.4) is 0 Å². The Kier molecular flexibility index (Phi) is 8.99. The highest BCUT2D eigenvalue weighted by atomic mass is 16.5. The van der Waals surface area contributed by atoms with E-state index in [1.54, 1.807) is 26.4 Å². The number of hydrogen-bond acceptors (Lipinski definition) is 6. The number of fused-ring (bicyclic) bond motifs is 1. The van der Waals surface area contributed by atoms with Crippen molar-refractivity contribution in [1.29, 1.82) is 0 Å². The van der Waals surface area contributed by atoms with Crippen molar-refractivity contribution in [2.45, 2.75) is 69.7 Å². The maximum atomic E-state index is 12.9. The lowest BCUT2D eigenvalue weighted by Crippen LogP contribution is -2.39. The number of nitrogens with zero attached hydrogens (tertiary/aromatic N) is 1. The van der Waals surface area contributed by atoms with Crippen LogP contribution in [0.4, 0.5) is 0 Å². The summed E-state index contributed by atoms with van der Waals surface area (Å²) in [5, 5.41) is 6.25. The zero-order valence-corrected chi connectivity index (χ0v) is 22.2. The molecule has 0 atom stereocenters. The average Bonchev–Trinajstić information content (AvgIpc) is 3.49. The SMILES string of the molecule is COc1cc(OC)c(C(=O)NCC2CCC(C(=O)NCCCC34CCCN3CCC4)CC2)cc1OC. The Morgan fingerprint density at radius 2 is 1.56 bits per heavy atom. The molecule has 1 aromatic carbocycles. The molecule has 2 aliphatic heterocycles. The second-order valence-electron chi connectivity index (χ2n) is 10.6. The molecule has 1 saturated carbocycles. The molecule has 1 aromatic rings. The van der Waals surface area contributed by atoms with Gasteiger partial charge in [0.15, 0.2) is 11.5 Å². The van der Waals surface area contributed by atoms with Crippen LogP contribution in [0.1, 0.15) is 74.6 Å². The Bertz CT molecular complexity index is 903. The van der Waals surface area contributed by atoms with Crippen LogP contribution >= 0.6 is 0 Å². The fourth-order valence-electron chi connectivity index (χ4n) is 6.57. The van der Waals surface area contributed by atoms with Crippen LogP contribution in [-0.4, -0.2) is 69.8 Å². The lowest BCUT2D eigenvalue weighted by Gasteiger charge is -2.32. The number of nitrogens with one attached hydrogen (secondary N) is 2. The molecule has 0 unspecified atom stereocenters. The molecule has 0 aromatic heterocycles. The fraction of sp³-hybridized carbons (Fsp3) is 0.714. The summed E-state index contributed by atoms with van der Waals surface area (Å²) in [6, 6.07) is 3.31. The van der Waals surface area contributed by atoms with Crippen LogP contribution < -0.4 is 24.8 Å². The lowest BCUT2D eigenvalue weighted by atomic mass is 9.81. The summed E-state index contributed by atoms with van der Waals surface area (Å²) in [6.45, 7) is 3.90. The number of hydrogen-bond donors (Lipinski definition) is 2. The van der Waals surface area contributed by atoms with Crippen molar-refractivity contribution in [3.05, 3.63) is 17.7 Å². The van der Waals surface area contributed by atoms with E-state index < -0.39 is 0 Å². The summed E-state index contributed by atoms with van der Waals surface area (Å²) >= 11 is 0. The summed E-state index contributed by atoms with van der Waals surface area (Å²) in [6.07, 6.45) is 11.3. The zero-order valence-electron chi connectivity index (χ0n) is 22.2. The Labute approximate surface area is 215 Å². The summed E-state index contributed by atoms with van der Waals surface area (Å²) in [5.74, 6) is 1.92. The second-order valence-corrected chi connectivity index (χ2v) is 10.6. The quantitative estimate of drug-likeness (QED) is 0.449. The smallest absolute Gasteiger partial charge is 0.255 e. The van der Waals surface area contributed by atoms with Gasteiger partial charge in [0, 0.05) is 36.7 Å². The number of carbonyl (C=O) groups is 2. The van der Waals surface area contributed by atoms with Crippen LogP contribution in [0, 0.1) is 11.8 Å². The summed E-state index contributed by atoms with van der Waals surface area (Å²) in [4.78, 5) is 28.3. The molecule has 4 rings (SSSR count). The van der Waals surface area contributed by atoms with Crippen molar-refractivity contribution in [3.8, 4) is 17.2 Å². The first-order valence-corrected chi connectivity index (χ1v) is 13.6. The highest BCUT2D eigenvalue weighted by Crippen LogP contribution is 2.42. The van der Waals surface area contributed by atoms with Crippen LogP contribution in [0.5, 0.6) is 17.2 Å². The largest absolute Gasteiger partial charge is 0.496 e. The van der Waals surface area contributed by atoms with E-state index in [4.69, 9.17) is 14.2 Å². The number of methoxy groups -OCH3 is 3. The molecular weight excluding hydrogens is 458 g/mol. The molecule has 8 nitrogen and oxygen atoms in total. The van der Waals surface area contributed by atoms with E-state index in [0.29, 0.717) is 40.8 Å². The molecule has 0 bridgehead atoms. The Morgan fingerprint density at radius 3 is 2.19 bits per heavy atom. The minimum atomic E-state index is -0.199. The fourth-order valence-corrected chi connectivity index (χ4v) is 6.57. The Morgan fingerprint density at radius 1 is 0.917 bits per heavy atom. The first-order chi connectivity index (χ1) is 17.5. The second kappa shape index (κ2) is 12.2. The Balaban J connectivity index is 1.17. The van der Waals surface area contributed by atoms with Crippen molar-refractivity contribution in [2.24, 2.45) is 11.8 Å². The first-order valence-electron chi connectivity index (χ1n) is 13.6. The molecule has 2 heterocycles. The maximum Gasteiger partial charge on any atom is 0.255 e. The predicted octanol–water partition coefficient (Wildman–Crippen LogP) is 3.77. The molecule has 2 N–H and O–H groups in total. The van der Waals surface area contributed by atoms with Gasteiger partial charge in [-0.25, -0.2) is 0 Å². The Hall–Kier alpha value is -2.48. The van der Waals surface area contributed by atoms with Crippen molar-refractivity contribution >= 4 is 11.8 Å². The van der Waals surface area contributed by atoms with E-state index in [-0.39, 0.29) is 17.7 Å². The molecular formula is C28H43N3O5. The van der Waals surface area contributed by atoms with E-state index in [9.17, 15) is 9.59 Å². The highest BCUT2D eigenvalue weighted by Gasteiger charge is 2.43. The molecule has 0 radical (unpaired) electrons. The van der Waals surface area contributed by atoms with Crippen molar-refractivity contribution in [2.75, 3.05) is 47.5 Å². The normalized spacial score (nSPS) is 23.1. The third-order valence-corrected chi connectivity index (χ3v) is 8.65. The van der Waals surface area contributed by atoms with Crippen LogP contribution in [0.15, 0.2) is 12.1 Å². The zero-order chi connectivity index (χ0) is 25.5. The molecule has 200 valence electrons. The minimum absolute atomic E-state index is 0.0931. The van der Waals surface area contributed by atoms with Gasteiger partial charge < -0.3 is 24.8 Å². The maximum absolute atomic E-state index is 12.9. The van der Waals surface area contributed by atoms with Gasteiger partial charge in [-0.2, -0.15) is 0 Å². The number of carbonyl (C=O) groups excluding carboxylic acids is 2. The number of rotatable bonds is 11. The van der Waals surface area contributed by atoms with Gasteiger partial charge in [-0.1, -0.05) is 0 Å². The van der Waals surface area contributed by atoms with E-state index in [2.05, 4.69) is 15.5 Å². The third kappa shape index (κ3) is 5.90. The van der Waals surface area contributed by atoms with Gasteiger partial charge in [0.2, 0.25) is 5.91 Å². The topological polar surface area (TPSA) is 89.1 Å². The van der Waals surface area contributed by atoms with Crippen molar-refractivity contribution < 1.29 is 23.8 Å². The van der Waals surface area contributed by atoms with Crippen LogP contribution in [0.2, 0.25) is 0 Å². The number of amides is 2. The summed E-state index contributed by atoms with van der Waals surface area (Å²) in [7, 11) is 4.62. The van der Waals surface area contributed by atoms with Crippen LogP contribution in [-0.2, 0) is 4.79 Å². The van der Waals surface area contributed by atoms with Crippen molar-refractivity contribution in [1.82, 2.24) is 15.5 Å². The van der Waals surface area contributed by atoms with Gasteiger partial charge in [-0.15, -0.1) is 0 Å². The predicted molar refractivity (Wildman–Crippen MR) is 139 cm³/mol. The molecule has 1 aliphatic carbocycles. The van der Waals surface area contributed by atoms with Crippen LogP contribution in [0.25, 0.3) is 0 Å². The van der Waals surface area contributed by atoms with E-state index in [0.717, 1.165) is 38.6 Å². The first kappa shape index (κ1) is 26.6. The molecule has 3 fully saturated rings.